The van der Waals surface area contributed by atoms with Gasteiger partial charge in [0.2, 0.25) is 11.8 Å². The van der Waals surface area contributed by atoms with Gasteiger partial charge in [-0.1, -0.05) is 6.07 Å². The fourth-order valence-corrected chi connectivity index (χ4v) is 4.24. The van der Waals surface area contributed by atoms with Gasteiger partial charge in [-0.25, -0.2) is 0 Å². The average Bonchev–Trinajstić information content (AvgIpc) is 2.57. The van der Waals surface area contributed by atoms with Gasteiger partial charge in [-0.2, -0.15) is 13.2 Å². The lowest BCUT2D eigenvalue weighted by Gasteiger charge is -2.24. The van der Waals surface area contributed by atoms with Crippen molar-refractivity contribution in [3.8, 4) is 0 Å². The van der Waals surface area contributed by atoms with E-state index >= 15 is 0 Å². The first-order valence-electron chi connectivity index (χ1n) is 7.88. The van der Waals surface area contributed by atoms with Crippen LogP contribution in [0.1, 0.15) is 17.5 Å². The maximum Gasteiger partial charge on any atom is 0.416 e. The van der Waals surface area contributed by atoms with Gasteiger partial charge in [0, 0.05) is 15.8 Å². The molecule has 2 aromatic rings. The molecule has 0 bridgehead atoms. The molecule has 2 N–H and O–H groups in total. The van der Waals surface area contributed by atoms with Crippen molar-refractivity contribution in [2.45, 2.75) is 29.7 Å². The summed E-state index contributed by atoms with van der Waals surface area (Å²) in [5, 5.41) is 4.47. The van der Waals surface area contributed by atoms with Crippen molar-refractivity contribution in [3.05, 3.63) is 52.0 Å². The summed E-state index contributed by atoms with van der Waals surface area (Å²) in [5.41, 5.74) is 0.888. The van der Waals surface area contributed by atoms with Crippen molar-refractivity contribution in [2.75, 3.05) is 10.6 Å². The zero-order valence-corrected chi connectivity index (χ0v) is 16.4. The maximum atomic E-state index is 12.8. The van der Waals surface area contributed by atoms with Crippen LogP contribution >= 0.6 is 27.7 Å². The number of thioether (sulfide) groups is 1. The topological polar surface area (TPSA) is 58.2 Å². The monoisotopic (exact) mass is 458 g/mol. The number of alkyl halides is 3. The van der Waals surface area contributed by atoms with Crippen LogP contribution in [0.5, 0.6) is 0 Å². The molecule has 1 aliphatic heterocycles. The molecule has 1 aliphatic rings. The highest BCUT2D eigenvalue weighted by molar-refractivity contribution is 9.10. The van der Waals surface area contributed by atoms with E-state index in [1.807, 2.05) is 19.1 Å². The van der Waals surface area contributed by atoms with Crippen LogP contribution in [0.3, 0.4) is 0 Å². The maximum absolute atomic E-state index is 12.8. The van der Waals surface area contributed by atoms with Gasteiger partial charge >= 0.3 is 6.18 Å². The lowest BCUT2D eigenvalue weighted by molar-refractivity contribution is -0.137. The first-order valence-corrected chi connectivity index (χ1v) is 9.55. The van der Waals surface area contributed by atoms with Crippen molar-refractivity contribution in [1.82, 2.24) is 0 Å². The van der Waals surface area contributed by atoms with E-state index < -0.39 is 22.9 Å². The number of aryl methyl sites for hydroxylation is 1. The standard InChI is InChI=1S/C18H14BrF3N2O2S/c1-9-2-4-12(11(19)6-9)23-16(25)8-15-17(26)24-13-7-10(18(20,21)22)3-5-14(13)27-15/h2-7,15H,8H2,1H3,(H,23,25)(H,24,26)/t15-/m1/s1. The first kappa shape index (κ1) is 19.8. The average molecular weight is 459 g/mol. The van der Waals surface area contributed by atoms with Gasteiger partial charge in [0.15, 0.2) is 0 Å². The summed E-state index contributed by atoms with van der Waals surface area (Å²) in [6.07, 6.45) is -4.58. The third kappa shape index (κ3) is 4.65. The summed E-state index contributed by atoms with van der Waals surface area (Å²) in [6.45, 7) is 1.92. The Bertz CT molecular complexity index is 918. The Morgan fingerprint density at radius 1 is 1.26 bits per heavy atom. The van der Waals surface area contributed by atoms with Gasteiger partial charge < -0.3 is 10.6 Å². The summed E-state index contributed by atoms with van der Waals surface area (Å²) in [4.78, 5) is 25.0. The highest BCUT2D eigenvalue weighted by atomic mass is 79.9. The van der Waals surface area contributed by atoms with Crippen LogP contribution < -0.4 is 10.6 Å². The SMILES string of the molecule is Cc1ccc(NC(=O)C[C@H]2Sc3ccc(C(F)(F)F)cc3NC2=O)c(Br)c1. The van der Waals surface area contributed by atoms with Crippen molar-refractivity contribution >= 4 is 50.9 Å². The van der Waals surface area contributed by atoms with E-state index in [4.69, 9.17) is 0 Å². The van der Waals surface area contributed by atoms with Gasteiger partial charge in [-0.3, -0.25) is 9.59 Å². The van der Waals surface area contributed by atoms with E-state index in [0.29, 0.717) is 10.6 Å². The molecule has 2 amide bonds. The number of carbonyl (C=O) groups excluding carboxylic acids is 2. The Hall–Kier alpha value is -2.00. The highest BCUT2D eigenvalue weighted by Gasteiger charge is 2.34. The molecule has 142 valence electrons. The van der Waals surface area contributed by atoms with Crippen LogP contribution in [0.15, 0.2) is 45.8 Å². The number of halogens is 4. The second-order valence-electron chi connectivity index (χ2n) is 6.04. The van der Waals surface area contributed by atoms with E-state index in [0.717, 1.165) is 33.9 Å². The molecule has 0 spiro atoms. The summed E-state index contributed by atoms with van der Waals surface area (Å²) in [7, 11) is 0. The Balaban J connectivity index is 1.70. The predicted molar refractivity (Wildman–Crippen MR) is 102 cm³/mol. The molecule has 1 heterocycles. The van der Waals surface area contributed by atoms with Crippen molar-refractivity contribution in [1.29, 1.82) is 0 Å². The molecule has 3 rings (SSSR count). The molecular formula is C18H14BrF3N2O2S. The third-order valence-corrected chi connectivity index (χ3v) is 5.83. The molecule has 4 nitrogen and oxygen atoms in total. The summed E-state index contributed by atoms with van der Waals surface area (Å²) in [6, 6.07) is 8.62. The molecule has 0 radical (unpaired) electrons. The molecule has 0 unspecified atom stereocenters. The molecule has 27 heavy (non-hydrogen) atoms. The number of hydrogen-bond acceptors (Lipinski definition) is 3. The molecule has 0 fully saturated rings. The first-order chi connectivity index (χ1) is 12.6. The quantitative estimate of drug-likeness (QED) is 0.662. The fourth-order valence-electron chi connectivity index (χ4n) is 2.55. The molecular weight excluding hydrogens is 445 g/mol. The van der Waals surface area contributed by atoms with Crippen LogP contribution in [-0.4, -0.2) is 17.1 Å². The van der Waals surface area contributed by atoms with E-state index in [1.165, 1.54) is 6.07 Å². The molecule has 2 aromatic carbocycles. The smallest absolute Gasteiger partial charge is 0.325 e. The number of amides is 2. The minimum Gasteiger partial charge on any atom is -0.325 e. The van der Waals surface area contributed by atoms with Gasteiger partial charge in [0.05, 0.1) is 22.2 Å². The summed E-state index contributed by atoms with van der Waals surface area (Å²) in [5.74, 6) is -0.854. The number of fused-ring (bicyclic) bond motifs is 1. The Morgan fingerprint density at radius 2 is 2.00 bits per heavy atom. The van der Waals surface area contributed by atoms with Crippen molar-refractivity contribution in [3.63, 3.8) is 0 Å². The van der Waals surface area contributed by atoms with Crippen LogP contribution in [0.2, 0.25) is 0 Å². The lowest BCUT2D eigenvalue weighted by Crippen LogP contribution is -2.32. The Labute approximate surface area is 166 Å². The number of benzene rings is 2. The zero-order valence-electron chi connectivity index (χ0n) is 14.0. The number of nitrogens with one attached hydrogen (secondary N) is 2. The van der Waals surface area contributed by atoms with Gasteiger partial charge in [-0.15, -0.1) is 11.8 Å². The minimum atomic E-state index is -4.48. The van der Waals surface area contributed by atoms with Crippen molar-refractivity contribution in [2.24, 2.45) is 0 Å². The minimum absolute atomic E-state index is 0.0999. The van der Waals surface area contributed by atoms with E-state index in [-0.39, 0.29) is 18.0 Å². The second-order valence-corrected chi connectivity index (χ2v) is 8.14. The Morgan fingerprint density at radius 3 is 2.67 bits per heavy atom. The number of anilines is 2. The number of hydrogen-bond donors (Lipinski definition) is 2. The van der Waals surface area contributed by atoms with E-state index in [2.05, 4.69) is 26.6 Å². The van der Waals surface area contributed by atoms with Gasteiger partial charge in [0.25, 0.3) is 0 Å². The zero-order chi connectivity index (χ0) is 19.8. The highest BCUT2D eigenvalue weighted by Crippen LogP contribution is 2.40. The molecule has 0 aliphatic carbocycles. The largest absolute Gasteiger partial charge is 0.416 e. The molecule has 0 saturated carbocycles. The second kappa shape index (κ2) is 7.55. The molecule has 9 heteroatoms. The predicted octanol–water partition coefficient (Wildman–Crippen LogP) is 5.22. The molecule has 1 atom stereocenters. The molecule has 0 saturated heterocycles. The third-order valence-electron chi connectivity index (χ3n) is 3.90. The number of carbonyl (C=O) groups is 2. The summed E-state index contributed by atoms with van der Waals surface area (Å²) < 4.78 is 39.1. The Kier molecular flexibility index (Phi) is 5.53. The van der Waals surface area contributed by atoms with Crippen LogP contribution in [0.25, 0.3) is 0 Å². The van der Waals surface area contributed by atoms with E-state index in [1.54, 1.807) is 6.07 Å². The molecule has 0 aromatic heterocycles. The lowest BCUT2D eigenvalue weighted by atomic mass is 10.1. The van der Waals surface area contributed by atoms with Crippen LogP contribution in [0, 0.1) is 6.92 Å². The summed E-state index contributed by atoms with van der Waals surface area (Å²) >= 11 is 4.44. The van der Waals surface area contributed by atoms with Gasteiger partial charge in [0.1, 0.15) is 0 Å². The van der Waals surface area contributed by atoms with E-state index in [9.17, 15) is 22.8 Å². The normalized spacial score (nSPS) is 16.5. The fraction of sp³-hybridized carbons (Fsp3) is 0.222. The van der Waals surface area contributed by atoms with Crippen LogP contribution in [0.4, 0.5) is 24.5 Å². The van der Waals surface area contributed by atoms with Crippen molar-refractivity contribution < 1.29 is 22.8 Å². The van der Waals surface area contributed by atoms with Crippen LogP contribution in [-0.2, 0) is 15.8 Å². The van der Waals surface area contributed by atoms with Gasteiger partial charge in [-0.05, 0) is 58.7 Å². The number of rotatable bonds is 3.